The fraction of sp³-hybridized carbons (Fsp3) is 0.727. The molecule has 1 atom stereocenters. The van der Waals surface area contributed by atoms with Crippen molar-refractivity contribution in [2.45, 2.75) is 25.8 Å². The summed E-state index contributed by atoms with van der Waals surface area (Å²) < 4.78 is 1.63. The van der Waals surface area contributed by atoms with Crippen molar-refractivity contribution in [2.24, 2.45) is 7.05 Å². The highest BCUT2D eigenvalue weighted by molar-refractivity contribution is 5.62. The van der Waals surface area contributed by atoms with Gasteiger partial charge in [-0.25, -0.2) is 4.68 Å². The maximum absolute atomic E-state index is 11.2. The third kappa shape index (κ3) is 2.05. The van der Waals surface area contributed by atoms with Gasteiger partial charge in [0.05, 0.1) is 4.92 Å². The summed E-state index contributed by atoms with van der Waals surface area (Å²) in [6.07, 6.45) is 1.58. The van der Waals surface area contributed by atoms with E-state index < -0.39 is 0 Å². The highest BCUT2D eigenvalue weighted by Gasteiger charge is 2.33. The SMILES string of the molecule is CCc1nn(C)c(N2CCC(NC)C2)c1[N+](=O)[O-]. The molecule has 1 saturated heterocycles. The number of nitro groups is 1. The zero-order chi connectivity index (χ0) is 13.3. The number of nitrogens with one attached hydrogen (secondary N) is 1. The largest absolute Gasteiger partial charge is 0.349 e. The molecule has 0 saturated carbocycles. The lowest BCUT2D eigenvalue weighted by Crippen LogP contribution is -2.30. The number of nitrogens with zero attached hydrogens (tertiary/aromatic N) is 4. The Kier molecular flexibility index (Phi) is 3.51. The fourth-order valence-corrected chi connectivity index (χ4v) is 2.53. The van der Waals surface area contributed by atoms with Crippen molar-refractivity contribution < 1.29 is 4.92 Å². The van der Waals surface area contributed by atoms with Gasteiger partial charge in [-0.1, -0.05) is 6.92 Å². The number of hydrogen-bond donors (Lipinski definition) is 1. The molecule has 1 aromatic heterocycles. The van der Waals surface area contributed by atoms with E-state index in [0.29, 0.717) is 24.0 Å². The van der Waals surface area contributed by atoms with E-state index in [1.54, 1.807) is 11.7 Å². The van der Waals surface area contributed by atoms with Crippen molar-refractivity contribution in [3.05, 3.63) is 15.8 Å². The van der Waals surface area contributed by atoms with E-state index in [9.17, 15) is 10.1 Å². The van der Waals surface area contributed by atoms with Gasteiger partial charge in [-0.3, -0.25) is 10.1 Å². The summed E-state index contributed by atoms with van der Waals surface area (Å²) in [6.45, 7) is 3.51. The normalized spacial score (nSPS) is 19.5. The van der Waals surface area contributed by atoms with Crippen LogP contribution in [0.5, 0.6) is 0 Å². The van der Waals surface area contributed by atoms with Crippen molar-refractivity contribution in [1.29, 1.82) is 0 Å². The number of hydrogen-bond acceptors (Lipinski definition) is 5. The zero-order valence-corrected chi connectivity index (χ0v) is 11.0. The fourth-order valence-electron chi connectivity index (χ4n) is 2.53. The van der Waals surface area contributed by atoms with Crippen LogP contribution in [0.3, 0.4) is 0 Å². The quantitative estimate of drug-likeness (QED) is 0.631. The van der Waals surface area contributed by atoms with Crippen LogP contribution in [0.15, 0.2) is 0 Å². The summed E-state index contributed by atoms with van der Waals surface area (Å²) in [5.41, 5.74) is 0.724. The number of aryl methyl sites for hydroxylation is 2. The molecule has 0 aromatic carbocycles. The molecule has 7 heteroatoms. The van der Waals surface area contributed by atoms with Crippen LogP contribution in [0.2, 0.25) is 0 Å². The van der Waals surface area contributed by atoms with Gasteiger partial charge in [0.15, 0.2) is 0 Å². The van der Waals surface area contributed by atoms with E-state index in [0.717, 1.165) is 19.5 Å². The Morgan fingerprint density at radius 2 is 2.33 bits per heavy atom. The summed E-state index contributed by atoms with van der Waals surface area (Å²) in [4.78, 5) is 13.0. The first-order valence-electron chi connectivity index (χ1n) is 6.21. The Hall–Kier alpha value is -1.63. The molecule has 1 fully saturated rings. The average Bonchev–Trinajstić information content (AvgIpc) is 2.91. The first-order chi connectivity index (χ1) is 8.58. The summed E-state index contributed by atoms with van der Waals surface area (Å²) in [5.74, 6) is 0.634. The zero-order valence-electron chi connectivity index (χ0n) is 11.0. The van der Waals surface area contributed by atoms with Crippen LogP contribution in [0.25, 0.3) is 0 Å². The highest BCUT2D eigenvalue weighted by Crippen LogP contribution is 2.33. The van der Waals surface area contributed by atoms with Crippen LogP contribution >= 0.6 is 0 Å². The minimum absolute atomic E-state index is 0.164. The predicted octanol–water partition coefficient (Wildman–Crippen LogP) is 0.689. The van der Waals surface area contributed by atoms with Crippen LogP contribution in [-0.2, 0) is 13.5 Å². The predicted molar refractivity (Wildman–Crippen MR) is 68.9 cm³/mol. The lowest BCUT2D eigenvalue weighted by Gasteiger charge is -2.17. The molecule has 7 nitrogen and oxygen atoms in total. The van der Waals surface area contributed by atoms with Gasteiger partial charge in [-0.15, -0.1) is 0 Å². The molecule has 1 N–H and O–H groups in total. The van der Waals surface area contributed by atoms with Gasteiger partial charge in [0.2, 0.25) is 5.82 Å². The van der Waals surface area contributed by atoms with E-state index in [-0.39, 0.29) is 10.6 Å². The van der Waals surface area contributed by atoms with Crippen molar-refractivity contribution >= 4 is 11.5 Å². The van der Waals surface area contributed by atoms with Gasteiger partial charge in [0, 0.05) is 26.2 Å². The molecule has 0 spiro atoms. The molecule has 0 amide bonds. The van der Waals surface area contributed by atoms with E-state index in [2.05, 4.69) is 10.4 Å². The minimum atomic E-state index is -0.312. The first-order valence-corrected chi connectivity index (χ1v) is 6.21. The van der Waals surface area contributed by atoms with Gasteiger partial charge in [-0.2, -0.15) is 5.10 Å². The maximum atomic E-state index is 11.2. The van der Waals surface area contributed by atoms with Gasteiger partial charge < -0.3 is 10.2 Å². The Balaban J connectivity index is 2.38. The number of anilines is 1. The Labute approximate surface area is 106 Å². The molecule has 2 rings (SSSR count). The molecule has 0 aliphatic carbocycles. The second-order valence-corrected chi connectivity index (χ2v) is 4.57. The van der Waals surface area contributed by atoms with E-state index >= 15 is 0 Å². The Morgan fingerprint density at radius 3 is 2.83 bits per heavy atom. The third-order valence-corrected chi connectivity index (χ3v) is 3.48. The van der Waals surface area contributed by atoms with Crippen LogP contribution in [0.4, 0.5) is 11.5 Å². The molecule has 100 valence electrons. The molecule has 18 heavy (non-hydrogen) atoms. The third-order valence-electron chi connectivity index (χ3n) is 3.48. The summed E-state index contributed by atoms with van der Waals surface area (Å²) in [6, 6.07) is 0.393. The van der Waals surface area contributed by atoms with Gasteiger partial charge >= 0.3 is 5.69 Å². The molecule has 1 unspecified atom stereocenters. The van der Waals surface area contributed by atoms with E-state index in [1.165, 1.54) is 0 Å². The van der Waals surface area contributed by atoms with Gasteiger partial charge in [0.25, 0.3) is 0 Å². The Morgan fingerprint density at radius 1 is 1.61 bits per heavy atom. The smallest absolute Gasteiger partial charge is 0.334 e. The maximum Gasteiger partial charge on any atom is 0.334 e. The number of rotatable bonds is 4. The van der Waals surface area contributed by atoms with Crippen LogP contribution < -0.4 is 10.2 Å². The monoisotopic (exact) mass is 253 g/mol. The van der Waals surface area contributed by atoms with Crippen LogP contribution in [-0.4, -0.2) is 40.9 Å². The van der Waals surface area contributed by atoms with Crippen molar-refractivity contribution in [3.63, 3.8) is 0 Å². The molecule has 1 aromatic rings. The molecule has 1 aliphatic rings. The molecule has 1 aliphatic heterocycles. The first kappa shape index (κ1) is 12.8. The van der Waals surface area contributed by atoms with Crippen molar-refractivity contribution in [2.75, 3.05) is 25.0 Å². The highest BCUT2D eigenvalue weighted by atomic mass is 16.6. The summed E-state index contributed by atoms with van der Waals surface area (Å²) in [5, 5.41) is 18.7. The van der Waals surface area contributed by atoms with Crippen LogP contribution in [0, 0.1) is 10.1 Å². The Bertz CT molecular complexity index is 457. The lowest BCUT2D eigenvalue weighted by molar-refractivity contribution is -0.384. The second kappa shape index (κ2) is 4.93. The number of likely N-dealkylation sites (N-methyl/N-ethyl adjacent to an activating group) is 1. The average molecular weight is 253 g/mol. The molecule has 0 bridgehead atoms. The lowest BCUT2D eigenvalue weighted by atomic mass is 10.3. The summed E-state index contributed by atoms with van der Waals surface area (Å²) >= 11 is 0. The standard InChI is InChI=1S/C11H19N5O2/c1-4-9-10(16(17)18)11(14(3)13-9)15-6-5-8(7-15)12-2/h8,12H,4-7H2,1-3H3. The van der Waals surface area contributed by atoms with Gasteiger partial charge in [0.1, 0.15) is 5.69 Å². The second-order valence-electron chi connectivity index (χ2n) is 4.57. The number of aromatic nitrogens is 2. The summed E-state index contributed by atoms with van der Waals surface area (Å²) in [7, 11) is 3.69. The molecular weight excluding hydrogens is 234 g/mol. The van der Waals surface area contributed by atoms with E-state index in [1.807, 2.05) is 18.9 Å². The molecule has 2 heterocycles. The van der Waals surface area contributed by atoms with Crippen molar-refractivity contribution in [1.82, 2.24) is 15.1 Å². The van der Waals surface area contributed by atoms with Crippen LogP contribution in [0.1, 0.15) is 19.0 Å². The van der Waals surface area contributed by atoms with Gasteiger partial charge in [-0.05, 0) is 19.9 Å². The molecular formula is C11H19N5O2. The molecule has 0 radical (unpaired) electrons. The minimum Gasteiger partial charge on any atom is -0.349 e. The topological polar surface area (TPSA) is 76.2 Å². The van der Waals surface area contributed by atoms with Crippen molar-refractivity contribution in [3.8, 4) is 0 Å². The van der Waals surface area contributed by atoms with E-state index in [4.69, 9.17) is 0 Å².